The smallest absolute Gasteiger partial charge is 0.331 e. The van der Waals surface area contributed by atoms with E-state index < -0.39 is 11.2 Å². The van der Waals surface area contributed by atoms with Crippen molar-refractivity contribution >= 4 is 11.4 Å². The van der Waals surface area contributed by atoms with Gasteiger partial charge < -0.3 is 14.6 Å². The van der Waals surface area contributed by atoms with Gasteiger partial charge in [0.1, 0.15) is 22.7 Å². The molecule has 1 heterocycles. The Morgan fingerprint density at radius 1 is 1.18 bits per heavy atom. The van der Waals surface area contributed by atoms with E-state index in [1.807, 2.05) is 0 Å². The average molecular weight is 387 g/mol. The molecule has 28 heavy (non-hydrogen) atoms. The normalized spacial score (nSPS) is 15.5. The van der Waals surface area contributed by atoms with Gasteiger partial charge >= 0.3 is 5.69 Å². The van der Waals surface area contributed by atoms with Gasteiger partial charge in [-0.3, -0.25) is 14.3 Å². The largest absolute Gasteiger partial charge is 0.497 e. The number of benzene rings is 1. The topological polar surface area (TPSA) is 106 Å². The van der Waals surface area contributed by atoms with E-state index in [9.17, 15) is 14.7 Å². The minimum atomic E-state index is -0.669. The Kier molecular flexibility index (Phi) is 5.87. The zero-order valence-electron chi connectivity index (χ0n) is 16.3. The van der Waals surface area contributed by atoms with E-state index in [0.717, 1.165) is 32.1 Å². The van der Waals surface area contributed by atoms with E-state index in [2.05, 4.69) is 9.98 Å². The van der Waals surface area contributed by atoms with Crippen molar-refractivity contribution in [2.24, 2.45) is 4.99 Å². The third-order valence-electron chi connectivity index (χ3n) is 5.09. The number of hydrogen-bond donors (Lipinski definition) is 2. The number of aromatic nitrogens is 2. The van der Waals surface area contributed by atoms with Crippen molar-refractivity contribution in [1.29, 1.82) is 0 Å². The molecule has 1 aliphatic carbocycles. The van der Waals surface area contributed by atoms with Crippen molar-refractivity contribution in [2.75, 3.05) is 14.2 Å². The number of rotatable bonds is 5. The summed E-state index contributed by atoms with van der Waals surface area (Å²) in [5.41, 5.74) is -0.555. The van der Waals surface area contributed by atoms with Crippen molar-refractivity contribution in [3.8, 4) is 17.4 Å². The minimum absolute atomic E-state index is 0.0185. The van der Waals surface area contributed by atoms with Gasteiger partial charge in [-0.25, -0.2) is 9.79 Å². The Balaban J connectivity index is 2.12. The number of aliphatic imine (C=N–C) groups is 1. The van der Waals surface area contributed by atoms with Crippen LogP contribution in [0.4, 0.5) is 5.69 Å². The summed E-state index contributed by atoms with van der Waals surface area (Å²) in [6, 6.07) is 4.99. The van der Waals surface area contributed by atoms with Gasteiger partial charge in [-0.1, -0.05) is 19.3 Å². The maximum absolute atomic E-state index is 12.4. The standard InChI is InChI=1S/C20H25N3O5/c1-12(21-15-11-14(27-2)9-10-16(15)28-3)17-18(24)22-20(26)23(19(17)25)13-7-5-4-6-8-13/h9-11,13,25H,4-8H2,1-3H3,(H,22,24,26). The number of aromatic amines is 1. The number of aromatic hydroxyl groups is 1. The molecule has 1 aromatic heterocycles. The first kappa shape index (κ1) is 19.7. The lowest BCUT2D eigenvalue weighted by molar-refractivity contribution is 0.298. The Labute approximate surface area is 162 Å². The quantitative estimate of drug-likeness (QED) is 0.768. The fraction of sp³-hybridized carbons (Fsp3) is 0.450. The van der Waals surface area contributed by atoms with Crippen LogP contribution in [0.15, 0.2) is 32.8 Å². The maximum Gasteiger partial charge on any atom is 0.331 e. The number of methoxy groups -OCH3 is 2. The molecular formula is C20H25N3O5. The molecule has 8 heteroatoms. The Bertz CT molecular complexity index is 1000. The molecule has 1 aromatic carbocycles. The molecule has 0 aliphatic heterocycles. The highest BCUT2D eigenvalue weighted by atomic mass is 16.5. The number of H-pyrrole nitrogens is 1. The second kappa shape index (κ2) is 8.33. The first-order chi connectivity index (χ1) is 13.5. The van der Waals surface area contributed by atoms with Gasteiger partial charge in [0.2, 0.25) is 5.88 Å². The summed E-state index contributed by atoms with van der Waals surface area (Å²) in [5, 5.41) is 10.8. The molecule has 1 fully saturated rings. The van der Waals surface area contributed by atoms with Crippen molar-refractivity contribution in [3.63, 3.8) is 0 Å². The van der Waals surface area contributed by atoms with Crippen LogP contribution in [0.25, 0.3) is 0 Å². The fourth-order valence-corrected chi connectivity index (χ4v) is 3.66. The van der Waals surface area contributed by atoms with Crippen molar-refractivity contribution in [3.05, 3.63) is 44.6 Å². The number of nitrogens with one attached hydrogen (secondary N) is 1. The molecular weight excluding hydrogens is 362 g/mol. The van der Waals surface area contributed by atoms with Gasteiger partial charge in [-0.05, 0) is 31.9 Å². The lowest BCUT2D eigenvalue weighted by Crippen LogP contribution is -2.36. The lowest BCUT2D eigenvalue weighted by Gasteiger charge is -2.25. The SMILES string of the molecule is COc1ccc(OC)c(N=C(C)c2c(O)n(C3CCCCC3)c(=O)[nH]c2=O)c1. The summed E-state index contributed by atoms with van der Waals surface area (Å²) in [5.74, 6) is 0.734. The molecule has 150 valence electrons. The van der Waals surface area contributed by atoms with Crippen LogP contribution in [-0.2, 0) is 0 Å². The Hall–Kier alpha value is -3.03. The molecule has 3 rings (SSSR count). The summed E-state index contributed by atoms with van der Waals surface area (Å²) in [6.07, 6.45) is 4.66. The van der Waals surface area contributed by atoms with Crippen LogP contribution in [-0.4, -0.2) is 34.6 Å². The van der Waals surface area contributed by atoms with Crippen LogP contribution in [0.3, 0.4) is 0 Å². The highest BCUT2D eigenvalue weighted by molar-refractivity contribution is 6.02. The van der Waals surface area contributed by atoms with Crippen molar-refractivity contribution in [1.82, 2.24) is 9.55 Å². The highest BCUT2D eigenvalue weighted by Gasteiger charge is 2.24. The first-order valence-corrected chi connectivity index (χ1v) is 9.31. The van der Waals surface area contributed by atoms with Crippen LogP contribution in [0.5, 0.6) is 17.4 Å². The molecule has 2 N–H and O–H groups in total. The summed E-state index contributed by atoms with van der Waals surface area (Å²) in [7, 11) is 3.06. The monoisotopic (exact) mass is 387 g/mol. The number of ether oxygens (including phenoxy) is 2. The molecule has 0 bridgehead atoms. The second-order valence-electron chi connectivity index (χ2n) is 6.85. The molecule has 0 unspecified atom stereocenters. The zero-order chi connectivity index (χ0) is 20.3. The predicted molar refractivity (Wildman–Crippen MR) is 107 cm³/mol. The third kappa shape index (κ3) is 3.81. The molecule has 2 aromatic rings. The van der Waals surface area contributed by atoms with E-state index in [1.165, 1.54) is 11.7 Å². The molecule has 8 nitrogen and oxygen atoms in total. The van der Waals surface area contributed by atoms with Crippen LogP contribution in [0.2, 0.25) is 0 Å². The van der Waals surface area contributed by atoms with E-state index in [1.54, 1.807) is 32.2 Å². The average Bonchev–Trinajstić information content (AvgIpc) is 2.68. The van der Waals surface area contributed by atoms with Gasteiger partial charge in [0.15, 0.2) is 0 Å². The van der Waals surface area contributed by atoms with Crippen molar-refractivity contribution in [2.45, 2.75) is 45.1 Å². The summed E-state index contributed by atoms with van der Waals surface area (Å²) in [4.78, 5) is 31.6. The molecule has 0 saturated heterocycles. The van der Waals surface area contributed by atoms with Gasteiger partial charge in [0.05, 0.1) is 19.9 Å². The molecule has 0 amide bonds. The predicted octanol–water partition coefficient (Wildman–Crippen LogP) is 2.91. The van der Waals surface area contributed by atoms with E-state index >= 15 is 0 Å². The summed E-state index contributed by atoms with van der Waals surface area (Å²) >= 11 is 0. The first-order valence-electron chi connectivity index (χ1n) is 9.31. The molecule has 1 saturated carbocycles. The molecule has 0 atom stereocenters. The number of hydrogen-bond acceptors (Lipinski definition) is 6. The van der Waals surface area contributed by atoms with Gasteiger partial charge in [-0.2, -0.15) is 0 Å². The highest BCUT2D eigenvalue weighted by Crippen LogP contribution is 2.33. The summed E-state index contributed by atoms with van der Waals surface area (Å²) < 4.78 is 11.8. The van der Waals surface area contributed by atoms with Crippen LogP contribution >= 0.6 is 0 Å². The van der Waals surface area contributed by atoms with Crippen LogP contribution in [0.1, 0.15) is 50.6 Å². The maximum atomic E-state index is 12.4. The van der Waals surface area contributed by atoms with Gasteiger partial charge in [0.25, 0.3) is 5.56 Å². The van der Waals surface area contributed by atoms with Crippen molar-refractivity contribution < 1.29 is 14.6 Å². The minimum Gasteiger partial charge on any atom is -0.497 e. The van der Waals surface area contributed by atoms with E-state index in [-0.39, 0.29) is 23.2 Å². The van der Waals surface area contributed by atoms with E-state index in [0.29, 0.717) is 17.2 Å². The molecule has 0 radical (unpaired) electrons. The fourth-order valence-electron chi connectivity index (χ4n) is 3.66. The summed E-state index contributed by atoms with van der Waals surface area (Å²) in [6.45, 7) is 1.61. The number of nitrogens with zero attached hydrogens (tertiary/aromatic N) is 2. The van der Waals surface area contributed by atoms with Gasteiger partial charge in [-0.15, -0.1) is 0 Å². The Morgan fingerprint density at radius 2 is 1.89 bits per heavy atom. The molecule has 1 aliphatic rings. The van der Waals surface area contributed by atoms with Gasteiger partial charge in [0, 0.05) is 12.1 Å². The lowest BCUT2D eigenvalue weighted by atomic mass is 9.95. The molecule has 0 spiro atoms. The van der Waals surface area contributed by atoms with E-state index in [4.69, 9.17) is 9.47 Å². The van der Waals surface area contributed by atoms with Crippen LogP contribution in [0, 0.1) is 0 Å². The zero-order valence-corrected chi connectivity index (χ0v) is 16.3. The Morgan fingerprint density at radius 3 is 2.54 bits per heavy atom. The third-order valence-corrected chi connectivity index (χ3v) is 5.09. The van der Waals surface area contributed by atoms with Crippen LogP contribution < -0.4 is 20.7 Å². The second-order valence-corrected chi connectivity index (χ2v) is 6.85.